The van der Waals surface area contributed by atoms with E-state index >= 15 is 0 Å². The van der Waals surface area contributed by atoms with E-state index in [-0.39, 0.29) is 16.7 Å². The molecule has 0 spiro atoms. The molecule has 1 heterocycles. The lowest BCUT2D eigenvalue weighted by Gasteiger charge is -2.20. The molecule has 148 valence electrons. The number of nitrogens with zero attached hydrogens (tertiary/aromatic N) is 2. The summed E-state index contributed by atoms with van der Waals surface area (Å²) in [6, 6.07) is 5.77. The van der Waals surface area contributed by atoms with Crippen LogP contribution in [0.15, 0.2) is 47.9 Å². The van der Waals surface area contributed by atoms with Crippen molar-refractivity contribution in [3.63, 3.8) is 0 Å². The summed E-state index contributed by atoms with van der Waals surface area (Å²) < 4.78 is 29.7. The minimum atomic E-state index is -3.76. The first-order chi connectivity index (χ1) is 12.8. The molecule has 0 radical (unpaired) electrons. The van der Waals surface area contributed by atoms with Crippen LogP contribution in [-0.2, 0) is 21.4 Å². The number of nitrogens with one attached hydrogen (secondary N) is 2. The van der Waals surface area contributed by atoms with Crippen LogP contribution >= 0.6 is 0 Å². The highest BCUT2D eigenvalue weighted by Gasteiger charge is 2.26. The van der Waals surface area contributed by atoms with Crippen molar-refractivity contribution in [1.29, 1.82) is 0 Å². The lowest BCUT2D eigenvalue weighted by Crippen LogP contribution is -2.47. The summed E-state index contributed by atoms with van der Waals surface area (Å²) in [4.78, 5) is 16.7. The molecule has 1 aromatic carbocycles. The zero-order chi connectivity index (χ0) is 19.9. The van der Waals surface area contributed by atoms with Crippen molar-refractivity contribution in [3.8, 4) is 0 Å². The standard InChI is InChI=1S/C19H28N4O3S/c1-15(2)13-18(19(24)21-9-4-11-23-12-10-20-14-23)22-27(25,26)17-7-5-16(3)6-8-17/h5-8,10,12,14-15,18,22H,4,9,11,13H2,1-3H3,(H,21,24). The molecule has 2 N–H and O–H groups in total. The molecular formula is C19H28N4O3S. The van der Waals surface area contributed by atoms with Crippen LogP contribution in [0.4, 0.5) is 0 Å². The first-order valence-electron chi connectivity index (χ1n) is 9.10. The Morgan fingerprint density at radius 3 is 2.52 bits per heavy atom. The third-order valence-corrected chi connectivity index (χ3v) is 5.59. The van der Waals surface area contributed by atoms with Crippen molar-refractivity contribution >= 4 is 15.9 Å². The molecule has 0 aliphatic heterocycles. The number of hydrogen-bond acceptors (Lipinski definition) is 4. The normalized spacial score (nSPS) is 12.9. The van der Waals surface area contributed by atoms with Gasteiger partial charge in [0.15, 0.2) is 0 Å². The minimum absolute atomic E-state index is 0.162. The molecule has 2 rings (SSSR count). The Hall–Kier alpha value is -2.19. The molecule has 1 aromatic heterocycles. The molecule has 0 saturated carbocycles. The van der Waals surface area contributed by atoms with Crippen LogP contribution in [0.1, 0.15) is 32.3 Å². The van der Waals surface area contributed by atoms with Crippen LogP contribution in [0.3, 0.4) is 0 Å². The Labute approximate surface area is 161 Å². The summed E-state index contributed by atoms with van der Waals surface area (Å²) in [5, 5.41) is 2.83. The Balaban J connectivity index is 1.96. The van der Waals surface area contributed by atoms with Gasteiger partial charge in [-0.25, -0.2) is 13.4 Å². The highest BCUT2D eigenvalue weighted by molar-refractivity contribution is 7.89. The topological polar surface area (TPSA) is 93.1 Å². The van der Waals surface area contributed by atoms with Gasteiger partial charge in [-0.2, -0.15) is 4.72 Å². The van der Waals surface area contributed by atoms with Gasteiger partial charge in [0, 0.05) is 25.5 Å². The number of rotatable bonds is 10. The van der Waals surface area contributed by atoms with Gasteiger partial charge in [-0.1, -0.05) is 31.5 Å². The van der Waals surface area contributed by atoms with E-state index in [0.717, 1.165) is 18.5 Å². The number of aryl methyl sites for hydroxylation is 2. The number of imidazole rings is 1. The molecule has 0 fully saturated rings. The van der Waals surface area contributed by atoms with Crippen molar-refractivity contribution in [3.05, 3.63) is 48.5 Å². The second-order valence-corrected chi connectivity index (χ2v) is 8.78. The summed E-state index contributed by atoms with van der Waals surface area (Å²) >= 11 is 0. The number of carbonyl (C=O) groups excluding carboxylic acids is 1. The molecule has 2 aromatic rings. The Bertz CT molecular complexity index is 815. The van der Waals surface area contributed by atoms with Crippen LogP contribution < -0.4 is 10.0 Å². The molecule has 8 heteroatoms. The molecule has 0 saturated heterocycles. The van der Waals surface area contributed by atoms with Gasteiger partial charge in [0.2, 0.25) is 15.9 Å². The summed E-state index contributed by atoms with van der Waals surface area (Å²) in [5.41, 5.74) is 0.975. The maximum absolute atomic E-state index is 12.6. The molecule has 1 atom stereocenters. The van der Waals surface area contributed by atoms with Gasteiger partial charge in [-0.05, 0) is 37.8 Å². The molecule has 27 heavy (non-hydrogen) atoms. The highest BCUT2D eigenvalue weighted by atomic mass is 32.2. The van der Waals surface area contributed by atoms with Crippen molar-refractivity contribution in [2.45, 2.75) is 51.1 Å². The largest absolute Gasteiger partial charge is 0.355 e. The van der Waals surface area contributed by atoms with Gasteiger partial charge in [0.1, 0.15) is 6.04 Å². The third kappa shape index (κ3) is 6.80. The van der Waals surface area contributed by atoms with E-state index in [2.05, 4.69) is 15.0 Å². The average Bonchev–Trinajstić information content (AvgIpc) is 3.11. The molecule has 7 nitrogen and oxygen atoms in total. The van der Waals surface area contributed by atoms with Gasteiger partial charge in [0.25, 0.3) is 0 Å². The van der Waals surface area contributed by atoms with E-state index in [1.807, 2.05) is 31.5 Å². The van der Waals surface area contributed by atoms with Crippen molar-refractivity contribution in [1.82, 2.24) is 19.6 Å². The lowest BCUT2D eigenvalue weighted by atomic mass is 10.0. The summed E-state index contributed by atoms with van der Waals surface area (Å²) in [7, 11) is -3.76. The fourth-order valence-electron chi connectivity index (χ4n) is 2.67. The zero-order valence-electron chi connectivity index (χ0n) is 16.1. The van der Waals surface area contributed by atoms with Crippen molar-refractivity contribution in [2.24, 2.45) is 5.92 Å². The zero-order valence-corrected chi connectivity index (χ0v) is 16.9. The lowest BCUT2D eigenvalue weighted by molar-refractivity contribution is -0.123. The average molecular weight is 393 g/mol. The molecule has 0 aliphatic carbocycles. The quantitative estimate of drug-likeness (QED) is 0.606. The van der Waals surface area contributed by atoms with E-state index in [9.17, 15) is 13.2 Å². The summed E-state index contributed by atoms with van der Waals surface area (Å²) in [6.45, 7) is 7.02. The Morgan fingerprint density at radius 1 is 1.22 bits per heavy atom. The number of amides is 1. The van der Waals surface area contributed by atoms with Crippen LogP contribution in [0.25, 0.3) is 0 Å². The van der Waals surface area contributed by atoms with Gasteiger partial charge < -0.3 is 9.88 Å². The molecule has 1 unspecified atom stereocenters. The van der Waals surface area contributed by atoms with Crippen molar-refractivity contribution in [2.75, 3.05) is 6.54 Å². The first kappa shape index (κ1) is 21.1. The van der Waals surface area contributed by atoms with Crippen LogP contribution in [-0.4, -0.2) is 36.5 Å². The predicted octanol–water partition coefficient (Wildman–Crippen LogP) is 2.09. The van der Waals surface area contributed by atoms with Crippen LogP contribution in [0, 0.1) is 12.8 Å². The second kappa shape index (κ2) is 9.66. The number of benzene rings is 1. The van der Waals surface area contributed by atoms with Crippen LogP contribution in [0.5, 0.6) is 0 Å². The van der Waals surface area contributed by atoms with E-state index in [4.69, 9.17) is 0 Å². The SMILES string of the molecule is Cc1ccc(S(=O)(=O)NC(CC(C)C)C(=O)NCCCn2ccnc2)cc1. The highest BCUT2D eigenvalue weighted by Crippen LogP contribution is 2.13. The monoisotopic (exact) mass is 392 g/mol. The number of aromatic nitrogens is 2. The molecule has 0 bridgehead atoms. The Morgan fingerprint density at radius 2 is 1.93 bits per heavy atom. The van der Waals surface area contributed by atoms with E-state index in [0.29, 0.717) is 13.0 Å². The smallest absolute Gasteiger partial charge is 0.241 e. The van der Waals surface area contributed by atoms with Gasteiger partial charge in [-0.3, -0.25) is 4.79 Å². The van der Waals surface area contributed by atoms with Gasteiger partial charge in [-0.15, -0.1) is 0 Å². The fourth-order valence-corrected chi connectivity index (χ4v) is 3.88. The van der Waals surface area contributed by atoms with Crippen LogP contribution in [0.2, 0.25) is 0 Å². The first-order valence-corrected chi connectivity index (χ1v) is 10.6. The maximum Gasteiger partial charge on any atom is 0.241 e. The summed E-state index contributed by atoms with van der Waals surface area (Å²) in [6.07, 6.45) is 6.45. The number of hydrogen-bond donors (Lipinski definition) is 2. The fraction of sp³-hybridized carbons (Fsp3) is 0.474. The number of carbonyl (C=O) groups is 1. The second-order valence-electron chi connectivity index (χ2n) is 7.06. The van der Waals surface area contributed by atoms with E-state index in [1.165, 1.54) is 0 Å². The summed E-state index contributed by atoms with van der Waals surface area (Å²) in [5.74, 6) is -0.127. The minimum Gasteiger partial charge on any atom is -0.355 e. The predicted molar refractivity (Wildman–Crippen MR) is 105 cm³/mol. The van der Waals surface area contributed by atoms with Crippen molar-refractivity contribution < 1.29 is 13.2 Å². The molecule has 0 aliphatic rings. The van der Waals surface area contributed by atoms with E-state index in [1.54, 1.807) is 36.8 Å². The maximum atomic E-state index is 12.6. The molecular weight excluding hydrogens is 364 g/mol. The van der Waals surface area contributed by atoms with Gasteiger partial charge >= 0.3 is 0 Å². The number of sulfonamides is 1. The Kier molecular flexibility index (Phi) is 7.55. The third-order valence-electron chi connectivity index (χ3n) is 4.10. The van der Waals surface area contributed by atoms with Gasteiger partial charge in [0.05, 0.1) is 11.2 Å². The molecule has 1 amide bonds. The van der Waals surface area contributed by atoms with E-state index < -0.39 is 16.1 Å².